The molecule has 2 aromatic carbocycles. The van der Waals surface area contributed by atoms with Gasteiger partial charge >= 0.3 is 0 Å². The second-order valence-electron chi connectivity index (χ2n) is 5.30. The molecule has 1 N–H and O–H groups in total. The van der Waals surface area contributed by atoms with Gasteiger partial charge in [-0.05, 0) is 47.9 Å². The van der Waals surface area contributed by atoms with E-state index in [1.54, 1.807) is 12.1 Å². The molecule has 0 spiro atoms. The minimum Gasteiger partial charge on any atom is -0.483 e. The number of halogens is 3. The highest BCUT2D eigenvalue weighted by molar-refractivity contribution is 9.10. The molecule has 0 fully saturated rings. The van der Waals surface area contributed by atoms with E-state index >= 15 is 0 Å². The van der Waals surface area contributed by atoms with Crippen LogP contribution in [0.5, 0.6) is 5.75 Å². The van der Waals surface area contributed by atoms with Gasteiger partial charge < -0.3 is 10.1 Å². The van der Waals surface area contributed by atoms with Crippen molar-refractivity contribution in [3.63, 3.8) is 0 Å². The van der Waals surface area contributed by atoms with E-state index in [9.17, 15) is 4.79 Å². The van der Waals surface area contributed by atoms with E-state index in [1.807, 2.05) is 24.3 Å². The van der Waals surface area contributed by atoms with Crippen LogP contribution in [0.15, 0.2) is 45.3 Å². The number of nitrogens with one attached hydrogen (secondary N) is 1. The summed E-state index contributed by atoms with van der Waals surface area (Å²) >= 11 is 12.9. The molecule has 3 nitrogen and oxygen atoms in total. The maximum atomic E-state index is 12.1. The molecule has 0 aliphatic rings. The first-order valence-corrected chi connectivity index (χ1v) is 9.00. The molecule has 6 heteroatoms. The van der Waals surface area contributed by atoms with Crippen molar-refractivity contribution in [1.29, 1.82) is 0 Å². The van der Waals surface area contributed by atoms with Crippen molar-refractivity contribution in [2.45, 2.75) is 19.8 Å². The molecule has 1 amide bonds. The molecule has 0 aliphatic heterocycles. The third kappa shape index (κ3) is 5.23. The van der Waals surface area contributed by atoms with Crippen molar-refractivity contribution >= 4 is 55.1 Å². The first-order chi connectivity index (χ1) is 10.9. The average Bonchev–Trinajstić information content (AvgIpc) is 2.48. The van der Waals surface area contributed by atoms with Crippen molar-refractivity contribution in [2.75, 3.05) is 11.9 Å². The Kier molecular flexibility index (Phi) is 6.50. The van der Waals surface area contributed by atoms with Crippen LogP contribution in [0.25, 0.3) is 0 Å². The summed E-state index contributed by atoms with van der Waals surface area (Å²) in [6, 6.07) is 11.0. The van der Waals surface area contributed by atoms with Gasteiger partial charge in [0, 0.05) is 8.95 Å². The van der Waals surface area contributed by atoms with Gasteiger partial charge in [0.2, 0.25) is 0 Å². The van der Waals surface area contributed by atoms with Crippen molar-refractivity contribution in [2.24, 2.45) is 0 Å². The van der Waals surface area contributed by atoms with Gasteiger partial charge in [-0.1, -0.05) is 57.3 Å². The van der Waals surface area contributed by atoms with E-state index in [1.165, 1.54) is 0 Å². The van der Waals surface area contributed by atoms with E-state index in [-0.39, 0.29) is 12.5 Å². The molecular formula is C17H16Br2ClNO2. The molecule has 0 radical (unpaired) electrons. The fourth-order valence-corrected chi connectivity index (χ4v) is 3.12. The third-order valence-corrected chi connectivity index (χ3v) is 4.46. The van der Waals surface area contributed by atoms with Crippen LogP contribution in [0.1, 0.15) is 25.3 Å². The number of ether oxygens (including phenoxy) is 1. The molecule has 2 rings (SSSR count). The van der Waals surface area contributed by atoms with Gasteiger partial charge in [0.1, 0.15) is 5.75 Å². The Labute approximate surface area is 157 Å². The van der Waals surface area contributed by atoms with Crippen LogP contribution in [0, 0.1) is 0 Å². The summed E-state index contributed by atoms with van der Waals surface area (Å²) in [4.78, 5) is 12.1. The number of carbonyl (C=O) groups excluding carboxylic acids is 1. The van der Waals surface area contributed by atoms with E-state index in [0.29, 0.717) is 22.4 Å². The van der Waals surface area contributed by atoms with E-state index in [4.69, 9.17) is 16.3 Å². The Morgan fingerprint density at radius 3 is 2.48 bits per heavy atom. The minimum atomic E-state index is -0.258. The molecule has 23 heavy (non-hydrogen) atoms. The fourth-order valence-electron chi connectivity index (χ4n) is 2.02. The quantitative estimate of drug-likeness (QED) is 0.593. The number of anilines is 1. The van der Waals surface area contributed by atoms with Crippen LogP contribution < -0.4 is 10.1 Å². The molecule has 0 aliphatic carbocycles. The van der Waals surface area contributed by atoms with E-state index in [2.05, 4.69) is 51.0 Å². The largest absolute Gasteiger partial charge is 0.483 e. The smallest absolute Gasteiger partial charge is 0.262 e. The predicted octanol–water partition coefficient (Wildman–Crippen LogP) is 6.01. The van der Waals surface area contributed by atoms with Crippen LogP contribution in [0.4, 0.5) is 5.69 Å². The van der Waals surface area contributed by atoms with Crippen molar-refractivity contribution in [3.8, 4) is 5.75 Å². The zero-order valence-corrected chi connectivity index (χ0v) is 16.6. The first kappa shape index (κ1) is 18.3. The minimum absolute atomic E-state index is 0.0756. The maximum Gasteiger partial charge on any atom is 0.262 e. The zero-order valence-electron chi connectivity index (χ0n) is 12.7. The Hall–Kier alpha value is -1.04. The van der Waals surface area contributed by atoms with Gasteiger partial charge in [-0.25, -0.2) is 0 Å². The van der Waals surface area contributed by atoms with Gasteiger partial charge in [0.05, 0.1) is 10.7 Å². The summed E-state index contributed by atoms with van der Waals surface area (Å²) in [6.07, 6.45) is 0. The van der Waals surface area contributed by atoms with Crippen molar-refractivity contribution < 1.29 is 9.53 Å². The Balaban J connectivity index is 2.02. The molecule has 0 atom stereocenters. The normalized spacial score (nSPS) is 10.7. The maximum absolute atomic E-state index is 12.1. The summed E-state index contributed by atoms with van der Waals surface area (Å²) in [6.45, 7) is 4.08. The van der Waals surface area contributed by atoms with E-state index < -0.39 is 0 Å². The van der Waals surface area contributed by atoms with Crippen LogP contribution in [0.3, 0.4) is 0 Å². The highest BCUT2D eigenvalue weighted by Gasteiger charge is 2.11. The number of amides is 1. The van der Waals surface area contributed by atoms with Gasteiger partial charge in [0.15, 0.2) is 6.61 Å². The monoisotopic (exact) mass is 459 g/mol. The molecule has 0 saturated heterocycles. The SMILES string of the molecule is CC(C)c1cc(Br)ccc1OCC(=O)Nc1ccc(Br)cc1Cl. The summed E-state index contributed by atoms with van der Waals surface area (Å²) in [5, 5.41) is 3.21. The topological polar surface area (TPSA) is 38.3 Å². The number of hydrogen-bond acceptors (Lipinski definition) is 2. The van der Waals surface area contributed by atoms with Gasteiger partial charge in [-0.3, -0.25) is 4.79 Å². The summed E-state index contributed by atoms with van der Waals surface area (Å²) in [7, 11) is 0. The van der Waals surface area contributed by atoms with E-state index in [0.717, 1.165) is 14.5 Å². The molecule has 2 aromatic rings. The summed E-state index contributed by atoms with van der Waals surface area (Å²) in [5.74, 6) is 0.749. The number of carbonyl (C=O) groups is 1. The van der Waals surface area contributed by atoms with Gasteiger partial charge in [-0.15, -0.1) is 0 Å². The van der Waals surface area contributed by atoms with Crippen LogP contribution in [-0.2, 0) is 4.79 Å². The molecule has 0 unspecified atom stereocenters. The molecule has 0 heterocycles. The molecular weight excluding hydrogens is 445 g/mol. The van der Waals surface area contributed by atoms with Crippen molar-refractivity contribution in [1.82, 2.24) is 0 Å². The van der Waals surface area contributed by atoms with Crippen LogP contribution in [0.2, 0.25) is 5.02 Å². The Morgan fingerprint density at radius 1 is 1.17 bits per heavy atom. The second kappa shape index (κ2) is 8.18. The number of benzene rings is 2. The molecule has 0 saturated carbocycles. The number of rotatable bonds is 5. The Bertz CT molecular complexity index is 720. The van der Waals surface area contributed by atoms with Crippen molar-refractivity contribution in [3.05, 3.63) is 55.9 Å². The van der Waals surface area contributed by atoms with Gasteiger partial charge in [0.25, 0.3) is 5.91 Å². The third-order valence-electron chi connectivity index (χ3n) is 3.16. The lowest BCUT2D eigenvalue weighted by atomic mass is 10.0. The lowest BCUT2D eigenvalue weighted by Gasteiger charge is -2.14. The second-order valence-corrected chi connectivity index (χ2v) is 7.54. The zero-order chi connectivity index (χ0) is 17.0. The first-order valence-electron chi connectivity index (χ1n) is 7.04. The molecule has 0 aromatic heterocycles. The van der Waals surface area contributed by atoms with Crippen LogP contribution >= 0.6 is 43.5 Å². The Morgan fingerprint density at radius 2 is 1.83 bits per heavy atom. The van der Waals surface area contributed by atoms with Gasteiger partial charge in [-0.2, -0.15) is 0 Å². The lowest BCUT2D eigenvalue weighted by Crippen LogP contribution is -2.20. The predicted molar refractivity (Wildman–Crippen MR) is 102 cm³/mol. The number of hydrogen-bond donors (Lipinski definition) is 1. The molecule has 0 bridgehead atoms. The summed E-state index contributed by atoms with van der Waals surface area (Å²) in [5.41, 5.74) is 1.61. The lowest BCUT2D eigenvalue weighted by molar-refractivity contribution is -0.118. The average molecular weight is 462 g/mol. The van der Waals surface area contributed by atoms with Crippen LogP contribution in [-0.4, -0.2) is 12.5 Å². The molecule has 122 valence electrons. The summed E-state index contributed by atoms with van der Waals surface area (Å²) < 4.78 is 7.51. The highest BCUT2D eigenvalue weighted by Crippen LogP contribution is 2.30. The highest BCUT2D eigenvalue weighted by atomic mass is 79.9. The standard InChI is InChI=1S/C17H16Br2ClNO2/c1-10(2)13-7-11(18)4-6-16(13)23-9-17(22)21-15-5-3-12(19)8-14(15)20/h3-8,10H,9H2,1-2H3,(H,21,22). The fraction of sp³-hybridized carbons (Fsp3) is 0.235.